The molecule has 0 spiro atoms. The van der Waals surface area contributed by atoms with Crippen LogP contribution in [0.25, 0.3) is 5.69 Å². The van der Waals surface area contributed by atoms with Crippen LogP contribution in [0.5, 0.6) is 0 Å². The Balaban J connectivity index is 1.69. The lowest BCUT2D eigenvalue weighted by molar-refractivity contribution is -0.127. The van der Waals surface area contributed by atoms with Crippen LogP contribution in [0.2, 0.25) is 0 Å². The first kappa shape index (κ1) is 16.1. The molecule has 2 aromatic rings. The molecule has 5 nitrogen and oxygen atoms in total. The Hall–Kier alpha value is -1.79. The van der Waals surface area contributed by atoms with Gasteiger partial charge in [0.25, 0.3) is 0 Å². The van der Waals surface area contributed by atoms with Crippen molar-refractivity contribution in [3.8, 4) is 5.69 Å². The van der Waals surface area contributed by atoms with Gasteiger partial charge in [0.1, 0.15) is 0 Å². The van der Waals surface area contributed by atoms with Crippen molar-refractivity contribution in [3.05, 3.63) is 41.7 Å². The summed E-state index contributed by atoms with van der Waals surface area (Å²) in [5.74, 6) is 0.398. The standard InChI is InChI=1S/C17H21N3O2S/c1-12-3-4-14(9-13(12)2)20-8-6-18-17(20)23-11-16(22)19-7-5-15(21)10-19/h3-4,6,8-9,15,21H,5,7,10-11H2,1-2H3/t15-/m1/s1. The summed E-state index contributed by atoms with van der Waals surface area (Å²) in [4.78, 5) is 18.3. The Morgan fingerprint density at radius 2 is 2.22 bits per heavy atom. The number of aromatic nitrogens is 2. The Morgan fingerprint density at radius 1 is 1.39 bits per heavy atom. The van der Waals surface area contributed by atoms with Crippen molar-refractivity contribution in [1.29, 1.82) is 0 Å². The highest BCUT2D eigenvalue weighted by Crippen LogP contribution is 2.23. The van der Waals surface area contributed by atoms with Crippen LogP contribution in [0.3, 0.4) is 0 Å². The van der Waals surface area contributed by atoms with Gasteiger partial charge in [-0.1, -0.05) is 17.8 Å². The SMILES string of the molecule is Cc1ccc(-n2ccnc2SCC(=O)N2CC[C@@H](O)C2)cc1C. The highest BCUT2D eigenvalue weighted by atomic mass is 32.2. The third kappa shape index (κ3) is 3.59. The lowest BCUT2D eigenvalue weighted by atomic mass is 10.1. The van der Waals surface area contributed by atoms with Crippen LogP contribution in [0.4, 0.5) is 0 Å². The Labute approximate surface area is 140 Å². The van der Waals surface area contributed by atoms with E-state index in [0.29, 0.717) is 25.3 Å². The van der Waals surface area contributed by atoms with Crippen LogP contribution in [0.15, 0.2) is 35.7 Å². The maximum Gasteiger partial charge on any atom is 0.233 e. The van der Waals surface area contributed by atoms with Crippen LogP contribution in [0, 0.1) is 13.8 Å². The van der Waals surface area contributed by atoms with E-state index < -0.39 is 0 Å². The maximum absolute atomic E-state index is 12.2. The number of amides is 1. The largest absolute Gasteiger partial charge is 0.391 e. The molecule has 3 rings (SSSR count). The molecular weight excluding hydrogens is 310 g/mol. The summed E-state index contributed by atoms with van der Waals surface area (Å²) in [5, 5.41) is 10.3. The van der Waals surface area contributed by atoms with Crippen LogP contribution in [0.1, 0.15) is 17.5 Å². The Bertz CT molecular complexity index is 714. The fourth-order valence-electron chi connectivity index (χ4n) is 2.65. The zero-order valence-corrected chi connectivity index (χ0v) is 14.2. The number of aliphatic hydroxyl groups excluding tert-OH is 1. The molecule has 0 aliphatic carbocycles. The van der Waals surface area contributed by atoms with Crippen molar-refractivity contribution in [2.45, 2.75) is 31.5 Å². The normalized spacial score (nSPS) is 17.7. The average Bonchev–Trinajstić information content (AvgIpc) is 3.16. The van der Waals surface area contributed by atoms with Gasteiger partial charge in [0.05, 0.1) is 11.9 Å². The molecule has 6 heteroatoms. The number of hydrogen-bond donors (Lipinski definition) is 1. The lowest BCUT2D eigenvalue weighted by Crippen LogP contribution is -2.31. The number of aliphatic hydroxyl groups is 1. The van der Waals surface area contributed by atoms with Crippen molar-refractivity contribution < 1.29 is 9.90 Å². The topological polar surface area (TPSA) is 58.4 Å². The predicted octanol–water partition coefficient (Wildman–Crippen LogP) is 2.17. The molecule has 1 atom stereocenters. The molecule has 23 heavy (non-hydrogen) atoms. The van der Waals surface area contributed by atoms with Gasteiger partial charge in [0.2, 0.25) is 5.91 Å². The minimum atomic E-state index is -0.374. The van der Waals surface area contributed by atoms with Crippen LogP contribution >= 0.6 is 11.8 Å². The molecule has 1 aromatic carbocycles. The second kappa shape index (κ2) is 6.76. The summed E-state index contributed by atoms with van der Waals surface area (Å²) in [6, 6.07) is 6.28. The second-order valence-electron chi connectivity index (χ2n) is 5.92. The molecule has 1 aromatic heterocycles. The van der Waals surface area contributed by atoms with E-state index in [2.05, 4.69) is 37.0 Å². The van der Waals surface area contributed by atoms with Gasteiger partial charge in [-0.2, -0.15) is 0 Å². The number of β-amino-alcohol motifs (C(OH)–C–C–N with tert-alkyl or cyclic N) is 1. The number of benzene rings is 1. The summed E-state index contributed by atoms with van der Waals surface area (Å²) in [6.45, 7) is 5.27. The van der Waals surface area contributed by atoms with E-state index in [0.717, 1.165) is 10.8 Å². The molecule has 1 amide bonds. The molecule has 2 heterocycles. The van der Waals surface area contributed by atoms with Gasteiger partial charge in [-0.25, -0.2) is 4.98 Å². The maximum atomic E-state index is 12.2. The molecule has 1 saturated heterocycles. The van der Waals surface area contributed by atoms with E-state index in [9.17, 15) is 9.90 Å². The smallest absolute Gasteiger partial charge is 0.233 e. The summed E-state index contributed by atoms with van der Waals surface area (Å²) in [7, 11) is 0. The number of hydrogen-bond acceptors (Lipinski definition) is 4. The third-order valence-electron chi connectivity index (χ3n) is 4.22. The Kier molecular flexibility index (Phi) is 4.73. The van der Waals surface area contributed by atoms with Crippen molar-refractivity contribution in [2.75, 3.05) is 18.8 Å². The third-order valence-corrected chi connectivity index (χ3v) is 5.17. The number of carbonyl (C=O) groups excluding carboxylic acids is 1. The molecule has 1 aliphatic heterocycles. The van der Waals surface area contributed by atoms with Crippen LogP contribution in [-0.2, 0) is 4.79 Å². The first-order valence-electron chi connectivity index (χ1n) is 7.74. The molecule has 0 radical (unpaired) electrons. The van der Waals surface area contributed by atoms with Gasteiger partial charge in [0.15, 0.2) is 5.16 Å². The van der Waals surface area contributed by atoms with Gasteiger partial charge < -0.3 is 10.0 Å². The molecule has 1 aliphatic rings. The molecule has 1 N–H and O–H groups in total. The number of imidazole rings is 1. The minimum Gasteiger partial charge on any atom is -0.391 e. The minimum absolute atomic E-state index is 0.0567. The zero-order valence-electron chi connectivity index (χ0n) is 13.4. The summed E-state index contributed by atoms with van der Waals surface area (Å²) >= 11 is 1.43. The molecule has 1 fully saturated rings. The van der Waals surface area contributed by atoms with E-state index in [-0.39, 0.29) is 12.0 Å². The van der Waals surface area contributed by atoms with E-state index >= 15 is 0 Å². The van der Waals surface area contributed by atoms with E-state index in [1.54, 1.807) is 11.1 Å². The fraction of sp³-hybridized carbons (Fsp3) is 0.412. The van der Waals surface area contributed by atoms with Gasteiger partial charge in [-0.05, 0) is 43.5 Å². The van der Waals surface area contributed by atoms with Gasteiger partial charge >= 0.3 is 0 Å². The first-order chi connectivity index (χ1) is 11.0. The summed E-state index contributed by atoms with van der Waals surface area (Å²) < 4.78 is 2.00. The molecule has 0 bridgehead atoms. The van der Waals surface area contributed by atoms with E-state index in [4.69, 9.17) is 0 Å². The predicted molar refractivity (Wildman–Crippen MR) is 91.0 cm³/mol. The lowest BCUT2D eigenvalue weighted by Gasteiger charge is -2.15. The molecule has 0 saturated carbocycles. The highest BCUT2D eigenvalue weighted by molar-refractivity contribution is 7.99. The first-order valence-corrected chi connectivity index (χ1v) is 8.73. The number of thioether (sulfide) groups is 1. The van der Waals surface area contributed by atoms with Crippen molar-refractivity contribution >= 4 is 17.7 Å². The highest BCUT2D eigenvalue weighted by Gasteiger charge is 2.24. The van der Waals surface area contributed by atoms with E-state index in [1.165, 1.54) is 22.9 Å². The van der Waals surface area contributed by atoms with E-state index in [1.807, 2.05) is 10.8 Å². The van der Waals surface area contributed by atoms with Gasteiger partial charge in [-0.15, -0.1) is 0 Å². The van der Waals surface area contributed by atoms with Crippen molar-refractivity contribution in [2.24, 2.45) is 0 Å². The molecule has 0 unspecified atom stereocenters. The van der Waals surface area contributed by atoms with Crippen LogP contribution in [-0.4, -0.2) is 50.4 Å². The van der Waals surface area contributed by atoms with Crippen molar-refractivity contribution in [1.82, 2.24) is 14.5 Å². The monoisotopic (exact) mass is 331 g/mol. The Morgan fingerprint density at radius 3 is 2.91 bits per heavy atom. The van der Waals surface area contributed by atoms with Crippen LogP contribution < -0.4 is 0 Å². The molecular formula is C17H21N3O2S. The average molecular weight is 331 g/mol. The summed E-state index contributed by atoms with van der Waals surface area (Å²) in [6.07, 6.45) is 3.97. The second-order valence-corrected chi connectivity index (χ2v) is 6.86. The fourth-order valence-corrected chi connectivity index (χ4v) is 3.53. The molecule has 122 valence electrons. The number of likely N-dealkylation sites (tertiary alicyclic amines) is 1. The number of carbonyl (C=O) groups is 1. The number of aryl methyl sites for hydroxylation is 2. The quantitative estimate of drug-likeness (QED) is 0.873. The van der Waals surface area contributed by atoms with Gasteiger partial charge in [0, 0.05) is 31.2 Å². The summed E-state index contributed by atoms with van der Waals surface area (Å²) in [5.41, 5.74) is 3.54. The van der Waals surface area contributed by atoms with Crippen molar-refractivity contribution in [3.63, 3.8) is 0 Å². The zero-order chi connectivity index (χ0) is 16.4. The number of rotatable bonds is 4. The number of nitrogens with zero attached hydrogens (tertiary/aromatic N) is 3. The van der Waals surface area contributed by atoms with Gasteiger partial charge in [-0.3, -0.25) is 9.36 Å².